The SMILES string of the molecule is CC1(C)COC2(CCC(=C3CCC(C(C)(C)C)CC3)CC2)OC1. The van der Waals surface area contributed by atoms with E-state index >= 15 is 0 Å². The first-order chi connectivity index (χ1) is 10.7. The third kappa shape index (κ3) is 4.02. The van der Waals surface area contributed by atoms with Crippen molar-refractivity contribution in [1.29, 1.82) is 0 Å². The largest absolute Gasteiger partial charge is 0.349 e. The van der Waals surface area contributed by atoms with Crippen LogP contribution in [-0.4, -0.2) is 19.0 Å². The second-order valence-corrected chi connectivity index (χ2v) is 10.00. The van der Waals surface area contributed by atoms with Crippen molar-refractivity contribution in [2.45, 2.75) is 91.8 Å². The summed E-state index contributed by atoms with van der Waals surface area (Å²) in [6, 6.07) is 0. The van der Waals surface area contributed by atoms with Gasteiger partial charge >= 0.3 is 0 Å². The monoisotopic (exact) mass is 320 g/mol. The molecule has 0 amide bonds. The van der Waals surface area contributed by atoms with Gasteiger partial charge in [-0.2, -0.15) is 0 Å². The van der Waals surface area contributed by atoms with Gasteiger partial charge < -0.3 is 9.47 Å². The van der Waals surface area contributed by atoms with Crippen LogP contribution in [0.4, 0.5) is 0 Å². The summed E-state index contributed by atoms with van der Waals surface area (Å²) in [6.45, 7) is 13.3. The van der Waals surface area contributed by atoms with Crippen LogP contribution in [0.3, 0.4) is 0 Å². The molecule has 0 radical (unpaired) electrons. The van der Waals surface area contributed by atoms with E-state index in [1.54, 1.807) is 11.1 Å². The van der Waals surface area contributed by atoms with E-state index in [9.17, 15) is 0 Å². The molecule has 132 valence electrons. The average Bonchev–Trinajstić information content (AvgIpc) is 2.51. The number of ether oxygens (including phenoxy) is 2. The van der Waals surface area contributed by atoms with E-state index in [0.717, 1.165) is 32.0 Å². The van der Waals surface area contributed by atoms with Crippen molar-refractivity contribution in [3.63, 3.8) is 0 Å². The van der Waals surface area contributed by atoms with Gasteiger partial charge in [0.15, 0.2) is 5.79 Å². The molecule has 3 aliphatic rings. The van der Waals surface area contributed by atoms with Gasteiger partial charge in [-0.25, -0.2) is 0 Å². The summed E-state index contributed by atoms with van der Waals surface area (Å²) >= 11 is 0. The summed E-state index contributed by atoms with van der Waals surface area (Å²) in [5.74, 6) is 0.636. The minimum atomic E-state index is -0.262. The minimum absolute atomic E-state index is 0.176. The highest BCUT2D eigenvalue weighted by Crippen LogP contribution is 2.45. The molecule has 0 unspecified atom stereocenters. The average molecular weight is 321 g/mol. The molecule has 3 rings (SSSR count). The van der Waals surface area contributed by atoms with E-state index in [-0.39, 0.29) is 11.2 Å². The maximum Gasteiger partial charge on any atom is 0.168 e. The molecule has 2 aliphatic carbocycles. The van der Waals surface area contributed by atoms with Gasteiger partial charge in [-0.15, -0.1) is 0 Å². The van der Waals surface area contributed by atoms with Crippen molar-refractivity contribution in [1.82, 2.24) is 0 Å². The van der Waals surface area contributed by atoms with Crippen LogP contribution in [0.15, 0.2) is 11.1 Å². The number of hydrogen-bond acceptors (Lipinski definition) is 2. The Bertz CT molecular complexity index is 435. The van der Waals surface area contributed by atoms with Crippen LogP contribution in [0.1, 0.15) is 86.0 Å². The van der Waals surface area contributed by atoms with Gasteiger partial charge in [0, 0.05) is 18.3 Å². The van der Waals surface area contributed by atoms with Crippen molar-refractivity contribution in [3.8, 4) is 0 Å². The molecule has 1 aliphatic heterocycles. The molecule has 2 saturated carbocycles. The van der Waals surface area contributed by atoms with Crippen molar-refractivity contribution >= 4 is 0 Å². The lowest BCUT2D eigenvalue weighted by atomic mass is 9.70. The number of rotatable bonds is 0. The number of hydrogen-bond donors (Lipinski definition) is 0. The lowest BCUT2D eigenvalue weighted by molar-refractivity contribution is -0.307. The Morgan fingerprint density at radius 2 is 1.30 bits per heavy atom. The predicted octanol–water partition coefficient (Wildman–Crippen LogP) is 5.86. The Kier molecular flexibility index (Phi) is 4.70. The molecule has 0 aromatic carbocycles. The van der Waals surface area contributed by atoms with Crippen LogP contribution in [0.25, 0.3) is 0 Å². The zero-order valence-electron chi connectivity index (χ0n) is 16.0. The zero-order chi connectivity index (χ0) is 16.7. The Labute approximate surface area is 143 Å². The van der Waals surface area contributed by atoms with Crippen molar-refractivity contribution < 1.29 is 9.47 Å². The topological polar surface area (TPSA) is 18.5 Å². The molecule has 2 nitrogen and oxygen atoms in total. The van der Waals surface area contributed by atoms with Crippen LogP contribution in [-0.2, 0) is 9.47 Å². The molecule has 23 heavy (non-hydrogen) atoms. The summed E-state index contributed by atoms with van der Waals surface area (Å²) in [4.78, 5) is 0. The molecule has 0 aromatic rings. The van der Waals surface area contributed by atoms with Gasteiger partial charge in [0.25, 0.3) is 0 Å². The van der Waals surface area contributed by atoms with Crippen LogP contribution in [0.2, 0.25) is 0 Å². The first kappa shape index (κ1) is 17.5. The summed E-state index contributed by atoms with van der Waals surface area (Å²) < 4.78 is 12.3. The minimum Gasteiger partial charge on any atom is -0.349 e. The Morgan fingerprint density at radius 1 is 0.826 bits per heavy atom. The van der Waals surface area contributed by atoms with Gasteiger partial charge in [-0.05, 0) is 49.9 Å². The molecule has 0 aromatic heterocycles. The summed E-state index contributed by atoms with van der Waals surface area (Å²) in [7, 11) is 0. The number of allylic oxidation sites excluding steroid dienone is 2. The van der Waals surface area contributed by atoms with Crippen LogP contribution < -0.4 is 0 Å². The Morgan fingerprint density at radius 3 is 1.78 bits per heavy atom. The molecule has 1 saturated heterocycles. The highest BCUT2D eigenvalue weighted by molar-refractivity contribution is 5.19. The predicted molar refractivity (Wildman–Crippen MR) is 95.3 cm³/mol. The van der Waals surface area contributed by atoms with Gasteiger partial charge in [0.05, 0.1) is 13.2 Å². The van der Waals surface area contributed by atoms with E-state index in [1.165, 1.54) is 38.5 Å². The molecule has 3 fully saturated rings. The quantitative estimate of drug-likeness (QED) is 0.520. The summed E-state index contributed by atoms with van der Waals surface area (Å²) in [5, 5.41) is 0. The molecule has 0 atom stereocenters. The standard InChI is InChI=1S/C21H36O2/c1-19(2,3)18-8-6-16(7-9-18)17-10-12-21(13-11-17)22-14-20(4,5)15-23-21/h18H,6-15H2,1-5H3. The van der Waals surface area contributed by atoms with Gasteiger partial charge in [0.2, 0.25) is 0 Å². The Hall–Kier alpha value is -0.340. The lowest BCUT2D eigenvalue weighted by Gasteiger charge is -2.46. The first-order valence-electron chi connectivity index (χ1n) is 9.67. The maximum absolute atomic E-state index is 6.17. The molecule has 1 heterocycles. The van der Waals surface area contributed by atoms with E-state index in [4.69, 9.17) is 9.47 Å². The summed E-state index contributed by atoms with van der Waals surface area (Å²) in [5.41, 5.74) is 4.16. The second-order valence-electron chi connectivity index (χ2n) is 10.00. The zero-order valence-corrected chi connectivity index (χ0v) is 16.0. The third-order valence-corrected chi connectivity index (χ3v) is 6.38. The second kappa shape index (κ2) is 6.19. The van der Waals surface area contributed by atoms with Crippen molar-refractivity contribution in [2.75, 3.05) is 13.2 Å². The highest BCUT2D eigenvalue weighted by atomic mass is 16.7. The molecule has 2 heteroatoms. The highest BCUT2D eigenvalue weighted by Gasteiger charge is 2.42. The van der Waals surface area contributed by atoms with E-state index in [2.05, 4.69) is 34.6 Å². The molecular formula is C21H36O2. The van der Waals surface area contributed by atoms with E-state index in [0.29, 0.717) is 5.41 Å². The van der Waals surface area contributed by atoms with Crippen LogP contribution >= 0.6 is 0 Å². The summed E-state index contributed by atoms with van der Waals surface area (Å²) in [6.07, 6.45) is 9.93. The molecule has 1 spiro atoms. The van der Waals surface area contributed by atoms with E-state index < -0.39 is 0 Å². The smallest absolute Gasteiger partial charge is 0.168 e. The normalized spacial score (nSPS) is 31.4. The molecule has 0 N–H and O–H groups in total. The fourth-order valence-corrected chi connectivity index (χ4v) is 4.50. The van der Waals surface area contributed by atoms with Gasteiger partial charge in [-0.1, -0.05) is 45.8 Å². The fraction of sp³-hybridized carbons (Fsp3) is 0.905. The third-order valence-electron chi connectivity index (χ3n) is 6.38. The van der Waals surface area contributed by atoms with E-state index in [1.807, 2.05) is 0 Å². The first-order valence-corrected chi connectivity index (χ1v) is 9.67. The van der Waals surface area contributed by atoms with Crippen LogP contribution in [0.5, 0.6) is 0 Å². The molecular weight excluding hydrogens is 284 g/mol. The maximum atomic E-state index is 6.17. The van der Waals surface area contributed by atoms with Crippen molar-refractivity contribution in [3.05, 3.63) is 11.1 Å². The van der Waals surface area contributed by atoms with Gasteiger partial charge in [0.1, 0.15) is 0 Å². The van der Waals surface area contributed by atoms with Crippen LogP contribution in [0, 0.1) is 16.7 Å². The lowest BCUT2D eigenvalue weighted by Crippen LogP contribution is -2.48. The van der Waals surface area contributed by atoms with Crippen molar-refractivity contribution in [2.24, 2.45) is 16.7 Å². The Balaban J connectivity index is 1.55. The molecule has 0 bridgehead atoms. The fourth-order valence-electron chi connectivity index (χ4n) is 4.50. The van der Waals surface area contributed by atoms with Gasteiger partial charge in [-0.3, -0.25) is 0 Å².